The van der Waals surface area contributed by atoms with Gasteiger partial charge in [0.1, 0.15) is 5.75 Å². The lowest BCUT2D eigenvalue weighted by Gasteiger charge is -2.43. The van der Waals surface area contributed by atoms with Gasteiger partial charge in [0, 0.05) is 34.9 Å². The van der Waals surface area contributed by atoms with Gasteiger partial charge in [-0.2, -0.15) is 0 Å². The molecule has 1 aliphatic carbocycles. The third-order valence-electron chi connectivity index (χ3n) is 8.78. The number of fused-ring (bicyclic) bond motifs is 1. The predicted octanol–water partition coefficient (Wildman–Crippen LogP) is 4.07. The normalized spacial score (nSPS) is 18.8. The number of rotatable bonds is 8. The van der Waals surface area contributed by atoms with Crippen LogP contribution in [0.1, 0.15) is 72.4 Å². The minimum Gasteiger partial charge on any atom is -0.496 e. The highest BCUT2D eigenvalue weighted by Gasteiger charge is 2.37. The first-order chi connectivity index (χ1) is 18.2. The van der Waals surface area contributed by atoms with Crippen LogP contribution in [0.15, 0.2) is 35.1 Å². The smallest absolute Gasteiger partial charge is 0.256 e. The van der Waals surface area contributed by atoms with E-state index in [-0.39, 0.29) is 24.1 Å². The number of nitrogens with one attached hydrogen (secondary N) is 2. The first kappa shape index (κ1) is 26.5. The van der Waals surface area contributed by atoms with E-state index in [4.69, 9.17) is 4.74 Å². The number of H-pyrrole nitrogens is 1. The number of pyridine rings is 1. The highest BCUT2D eigenvalue weighted by molar-refractivity contribution is 6.08. The second kappa shape index (κ2) is 10.6. The van der Waals surface area contributed by atoms with Gasteiger partial charge in [0.15, 0.2) is 0 Å². The van der Waals surface area contributed by atoms with Gasteiger partial charge in [0.05, 0.1) is 30.4 Å². The van der Waals surface area contributed by atoms with Crippen LogP contribution in [0.3, 0.4) is 0 Å². The van der Waals surface area contributed by atoms with Crippen molar-refractivity contribution in [3.05, 3.63) is 63.2 Å². The Morgan fingerprint density at radius 2 is 1.95 bits per heavy atom. The summed E-state index contributed by atoms with van der Waals surface area (Å²) >= 11 is 0. The molecule has 2 fully saturated rings. The average Bonchev–Trinajstić information content (AvgIpc) is 3.18. The maximum absolute atomic E-state index is 13.5. The Morgan fingerprint density at radius 1 is 1.24 bits per heavy atom. The van der Waals surface area contributed by atoms with Crippen molar-refractivity contribution in [1.29, 1.82) is 0 Å². The molecular weight excluding hydrogens is 480 g/mol. The van der Waals surface area contributed by atoms with E-state index in [0.717, 1.165) is 68.3 Å². The Balaban J connectivity index is 1.35. The number of aryl methyl sites for hydroxylation is 1. The van der Waals surface area contributed by atoms with Crippen LogP contribution in [0.2, 0.25) is 0 Å². The van der Waals surface area contributed by atoms with Crippen molar-refractivity contribution in [3.8, 4) is 5.75 Å². The van der Waals surface area contributed by atoms with Gasteiger partial charge in [0.2, 0.25) is 0 Å². The van der Waals surface area contributed by atoms with Crippen LogP contribution < -0.4 is 15.6 Å². The molecule has 3 aromatic rings. The van der Waals surface area contributed by atoms with Crippen molar-refractivity contribution in [1.82, 2.24) is 19.8 Å². The fraction of sp³-hybridized carbons (Fsp3) is 0.533. The maximum atomic E-state index is 13.5. The number of para-hydroxylation sites is 1. The first-order valence-electron chi connectivity index (χ1n) is 13.8. The Bertz CT molecular complexity index is 1380. The molecule has 1 amide bonds. The van der Waals surface area contributed by atoms with E-state index in [1.54, 1.807) is 13.0 Å². The molecule has 0 spiro atoms. The van der Waals surface area contributed by atoms with Gasteiger partial charge < -0.3 is 29.6 Å². The molecule has 5 rings (SSSR count). The number of carbonyl (C=O) groups excluding carboxylic acids is 1. The third kappa shape index (κ3) is 4.99. The average molecular weight is 521 g/mol. The molecule has 2 aromatic heterocycles. The van der Waals surface area contributed by atoms with Crippen LogP contribution in [0.25, 0.3) is 10.9 Å². The van der Waals surface area contributed by atoms with E-state index in [1.807, 2.05) is 25.1 Å². The molecule has 0 unspecified atom stereocenters. The number of carbonyl (C=O) groups is 1. The van der Waals surface area contributed by atoms with Crippen LogP contribution in [0, 0.1) is 19.8 Å². The van der Waals surface area contributed by atoms with E-state index >= 15 is 0 Å². The molecule has 2 aliphatic rings. The molecule has 38 heavy (non-hydrogen) atoms. The first-order valence-corrected chi connectivity index (χ1v) is 13.8. The fourth-order valence-electron chi connectivity index (χ4n) is 6.46. The van der Waals surface area contributed by atoms with E-state index in [1.165, 1.54) is 7.11 Å². The second-order valence-electron chi connectivity index (χ2n) is 11.3. The number of aromatic nitrogens is 2. The summed E-state index contributed by atoms with van der Waals surface area (Å²) in [5.74, 6) is 0.758. The molecule has 1 atom stereocenters. The number of likely N-dealkylation sites (tertiary alicyclic amines) is 1. The number of amides is 1. The third-order valence-corrected chi connectivity index (χ3v) is 8.78. The van der Waals surface area contributed by atoms with Gasteiger partial charge in [-0.1, -0.05) is 18.2 Å². The standard InChI is InChI=1S/C30H40N4O4/c1-19-16-26(38-4)24(28(35)32-19)17-31-29(36)27-21(3)34(25-9-6-5-8-23(25)27)20(2)22-10-14-33(15-11-22)18-30(37)12-7-13-30/h5-6,8-9,16,20,22,37H,7,10-15,17-18H2,1-4H3,(H,31,36)(H,32,35)/t20-/m1/s1. The number of benzene rings is 1. The monoisotopic (exact) mass is 520 g/mol. The summed E-state index contributed by atoms with van der Waals surface area (Å²) in [4.78, 5) is 31.3. The zero-order chi connectivity index (χ0) is 27.0. The van der Waals surface area contributed by atoms with E-state index in [9.17, 15) is 14.7 Å². The summed E-state index contributed by atoms with van der Waals surface area (Å²) in [6.45, 7) is 8.94. The van der Waals surface area contributed by atoms with Crippen molar-refractivity contribution in [2.24, 2.45) is 5.92 Å². The quantitative estimate of drug-likeness (QED) is 0.416. The Hall–Kier alpha value is -3.10. The number of aliphatic hydroxyl groups is 1. The Labute approximate surface area is 224 Å². The van der Waals surface area contributed by atoms with Gasteiger partial charge >= 0.3 is 0 Å². The molecule has 8 heteroatoms. The summed E-state index contributed by atoms with van der Waals surface area (Å²) < 4.78 is 7.72. The lowest BCUT2D eigenvalue weighted by atomic mass is 9.79. The molecule has 3 heterocycles. The fourth-order valence-corrected chi connectivity index (χ4v) is 6.46. The lowest BCUT2D eigenvalue weighted by molar-refractivity contribution is -0.0645. The Kier molecular flexibility index (Phi) is 7.38. The molecule has 3 N–H and O–H groups in total. The van der Waals surface area contributed by atoms with Gasteiger partial charge in [-0.05, 0) is 84.0 Å². The van der Waals surface area contributed by atoms with Crippen molar-refractivity contribution in [2.75, 3.05) is 26.7 Å². The number of hydrogen-bond acceptors (Lipinski definition) is 5. The molecule has 1 saturated carbocycles. The van der Waals surface area contributed by atoms with Gasteiger partial charge in [-0.25, -0.2) is 0 Å². The zero-order valence-corrected chi connectivity index (χ0v) is 23.0. The Morgan fingerprint density at radius 3 is 2.61 bits per heavy atom. The molecule has 0 bridgehead atoms. The molecule has 0 radical (unpaired) electrons. The molecule has 1 aromatic carbocycles. The number of nitrogens with zero attached hydrogens (tertiary/aromatic N) is 2. The largest absolute Gasteiger partial charge is 0.496 e. The lowest BCUT2D eigenvalue weighted by Crippen LogP contribution is -2.50. The van der Waals surface area contributed by atoms with Crippen LogP contribution >= 0.6 is 0 Å². The second-order valence-corrected chi connectivity index (χ2v) is 11.3. The number of β-amino-alcohol motifs (C(OH)–C–C–N with tert-alkyl or cyclic N) is 1. The molecule has 1 saturated heterocycles. The number of ether oxygens (including phenoxy) is 1. The predicted molar refractivity (Wildman–Crippen MR) is 149 cm³/mol. The molecule has 1 aliphatic heterocycles. The number of methoxy groups -OCH3 is 1. The van der Waals surface area contributed by atoms with E-state index < -0.39 is 5.60 Å². The van der Waals surface area contributed by atoms with Crippen LogP contribution in [0.4, 0.5) is 0 Å². The zero-order valence-electron chi connectivity index (χ0n) is 23.0. The summed E-state index contributed by atoms with van der Waals surface area (Å²) in [6.07, 6.45) is 5.12. The number of piperidine rings is 1. The van der Waals surface area contributed by atoms with E-state index in [2.05, 4.69) is 32.8 Å². The van der Waals surface area contributed by atoms with Crippen molar-refractivity contribution >= 4 is 16.8 Å². The highest BCUT2D eigenvalue weighted by Crippen LogP contribution is 2.37. The van der Waals surface area contributed by atoms with Gasteiger partial charge in [-0.3, -0.25) is 9.59 Å². The van der Waals surface area contributed by atoms with Crippen LogP contribution in [-0.2, 0) is 6.54 Å². The van der Waals surface area contributed by atoms with Gasteiger partial charge in [0.25, 0.3) is 11.5 Å². The van der Waals surface area contributed by atoms with Crippen molar-refractivity contribution < 1.29 is 14.6 Å². The summed E-state index contributed by atoms with van der Waals surface area (Å²) in [7, 11) is 1.53. The minimum absolute atomic E-state index is 0.0803. The minimum atomic E-state index is -0.471. The van der Waals surface area contributed by atoms with Crippen LogP contribution in [0.5, 0.6) is 5.75 Å². The summed E-state index contributed by atoms with van der Waals surface area (Å²) in [5.41, 5.74) is 3.03. The van der Waals surface area contributed by atoms with Crippen molar-refractivity contribution in [2.45, 2.75) is 71.1 Å². The van der Waals surface area contributed by atoms with E-state index in [0.29, 0.717) is 28.5 Å². The topological polar surface area (TPSA) is 99.6 Å². The van der Waals surface area contributed by atoms with Crippen molar-refractivity contribution in [3.63, 3.8) is 0 Å². The number of aromatic amines is 1. The van der Waals surface area contributed by atoms with Crippen LogP contribution in [-0.4, -0.2) is 57.8 Å². The number of hydrogen-bond donors (Lipinski definition) is 3. The summed E-state index contributed by atoms with van der Waals surface area (Å²) in [5, 5.41) is 14.5. The molecular formula is C30H40N4O4. The maximum Gasteiger partial charge on any atom is 0.256 e. The SMILES string of the molecule is COc1cc(C)[nH]c(=O)c1CNC(=O)c1c(C)n([C@H](C)C2CCN(CC3(O)CCC3)CC2)c2ccccc12. The molecule has 8 nitrogen and oxygen atoms in total. The van der Waals surface area contributed by atoms with Gasteiger partial charge in [-0.15, -0.1) is 0 Å². The molecule has 204 valence electrons. The highest BCUT2D eigenvalue weighted by atomic mass is 16.5. The summed E-state index contributed by atoms with van der Waals surface area (Å²) in [6, 6.07) is 10.1.